The smallest absolute Gasteiger partial charge is 0.163 e. The average Bonchev–Trinajstić information content (AvgIpc) is 3.13. The molecule has 1 fully saturated rings. The van der Waals surface area contributed by atoms with Crippen LogP contribution in [-0.4, -0.2) is 18.1 Å². The first-order chi connectivity index (χ1) is 8.65. The summed E-state index contributed by atoms with van der Waals surface area (Å²) in [4.78, 5) is 23.3. The van der Waals surface area contributed by atoms with Crippen LogP contribution in [0.25, 0.3) is 0 Å². The van der Waals surface area contributed by atoms with E-state index in [-0.39, 0.29) is 17.5 Å². The third-order valence-electron chi connectivity index (χ3n) is 3.60. The minimum absolute atomic E-state index is 0.165. The van der Waals surface area contributed by atoms with E-state index >= 15 is 0 Å². The molecule has 4 heteroatoms. The zero-order valence-corrected chi connectivity index (χ0v) is 10.7. The number of hydrogen-bond donors (Lipinski definition) is 1. The summed E-state index contributed by atoms with van der Waals surface area (Å²) in [6.07, 6.45) is 3.36. The van der Waals surface area contributed by atoms with Gasteiger partial charge in [-0.1, -0.05) is 11.6 Å². The first-order valence-corrected chi connectivity index (χ1v) is 6.65. The Morgan fingerprint density at radius 2 is 2.11 bits per heavy atom. The molecule has 0 radical (unpaired) electrons. The molecule has 0 unspecified atom stereocenters. The van der Waals surface area contributed by atoms with Gasteiger partial charge in [0.25, 0.3) is 0 Å². The van der Waals surface area contributed by atoms with Gasteiger partial charge in [-0.15, -0.1) is 0 Å². The number of rotatable bonds is 4. The van der Waals surface area contributed by atoms with Crippen LogP contribution >= 0.6 is 11.6 Å². The van der Waals surface area contributed by atoms with Gasteiger partial charge >= 0.3 is 0 Å². The Morgan fingerprint density at radius 3 is 2.83 bits per heavy atom. The molecule has 0 heterocycles. The molecule has 1 aromatic rings. The normalized spacial score (nSPS) is 17.7. The minimum Gasteiger partial charge on any atom is -0.377 e. The molecule has 0 spiro atoms. The molecule has 0 amide bonds. The van der Waals surface area contributed by atoms with Crippen molar-refractivity contribution in [3.8, 4) is 0 Å². The van der Waals surface area contributed by atoms with Gasteiger partial charge < -0.3 is 5.32 Å². The topological polar surface area (TPSA) is 46.2 Å². The first kappa shape index (κ1) is 11.7. The summed E-state index contributed by atoms with van der Waals surface area (Å²) in [5.74, 6) is 0.642. The van der Waals surface area contributed by atoms with E-state index in [2.05, 4.69) is 5.32 Å². The molecule has 0 aromatic heterocycles. The highest BCUT2D eigenvalue weighted by Gasteiger charge is 2.29. The number of Topliss-reactive ketones (excluding diaryl/α,β-unsaturated/α-hetero) is 2. The lowest BCUT2D eigenvalue weighted by molar-refractivity contribution is -0.118. The summed E-state index contributed by atoms with van der Waals surface area (Å²) < 4.78 is 0. The van der Waals surface area contributed by atoms with Crippen LogP contribution in [0.5, 0.6) is 0 Å². The van der Waals surface area contributed by atoms with Gasteiger partial charge in [-0.05, 0) is 37.0 Å². The van der Waals surface area contributed by atoms with Crippen LogP contribution in [0, 0.1) is 5.92 Å². The highest BCUT2D eigenvalue weighted by Crippen LogP contribution is 2.33. The third kappa shape index (κ3) is 2.15. The highest BCUT2D eigenvalue weighted by atomic mass is 35.5. The second kappa shape index (κ2) is 4.39. The van der Waals surface area contributed by atoms with Crippen molar-refractivity contribution in [3.05, 3.63) is 28.3 Å². The lowest BCUT2D eigenvalue weighted by Crippen LogP contribution is -2.15. The SMILES string of the molecule is O=C1CCc2cc(Cl)c(NCC(=O)C3CC3)cc21. The van der Waals surface area contributed by atoms with Gasteiger partial charge in [-0.3, -0.25) is 9.59 Å². The Balaban J connectivity index is 1.77. The fraction of sp³-hybridized carbons (Fsp3) is 0.429. The highest BCUT2D eigenvalue weighted by molar-refractivity contribution is 6.33. The van der Waals surface area contributed by atoms with Crippen LogP contribution in [0.3, 0.4) is 0 Å². The molecular formula is C14H14ClNO2. The zero-order valence-electron chi connectivity index (χ0n) is 9.96. The molecule has 2 aliphatic carbocycles. The summed E-state index contributed by atoms with van der Waals surface area (Å²) in [6.45, 7) is 0.303. The van der Waals surface area contributed by atoms with Crippen LogP contribution in [0.4, 0.5) is 5.69 Å². The van der Waals surface area contributed by atoms with Gasteiger partial charge in [0.1, 0.15) is 0 Å². The molecule has 1 saturated carbocycles. The lowest BCUT2D eigenvalue weighted by Gasteiger charge is -2.09. The summed E-state index contributed by atoms with van der Waals surface area (Å²) in [6, 6.07) is 3.62. The summed E-state index contributed by atoms with van der Waals surface area (Å²) >= 11 is 6.15. The van der Waals surface area contributed by atoms with E-state index in [4.69, 9.17) is 11.6 Å². The Kier molecular flexibility index (Phi) is 2.86. The number of halogens is 1. The van der Waals surface area contributed by atoms with Gasteiger partial charge in [0.15, 0.2) is 11.6 Å². The number of carbonyl (C=O) groups excluding carboxylic acids is 2. The van der Waals surface area contributed by atoms with Crippen LogP contribution in [-0.2, 0) is 11.2 Å². The average molecular weight is 264 g/mol. The summed E-state index contributed by atoms with van der Waals surface area (Å²) in [5.41, 5.74) is 2.46. The van der Waals surface area contributed by atoms with Gasteiger partial charge in [-0.25, -0.2) is 0 Å². The number of hydrogen-bond acceptors (Lipinski definition) is 3. The van der Waals surface area contributed by atoms with Crippen LogP contribution in [0.2, 0.25) is 5.02 Å². The maximum atomic E-state index is 11.6. The fourth-order valence-electron chi connectivity index (χ4n) is 2.33. The van der Waals surface area contributed by atoms with Crippen LogP contribution < -0.4 is 5.32 Å². The van der Waals surface area contributed by atoms with Crippen molar-refractivity contribution in [2.75, 3.05) is 11.9 Å². The standard InChI is InChI=1S/C14H14ClNO2/c15-11-5-9-3-4-13(17)10(9)6-12(11)16-7-14(18)8-1-2-8/h5-6,8,16H,1-4,7H2. The van der Waals surface area contributed by atoms with E-state index in [1.807, 2.05) is 6.07 Å². The molecule has 0 aliphatic heterocycles. The number of carbonyl (C=O) groups is 2. The fourth-order valence-corrected chi connectivity index (χ4v) is 2.58. The molecule has 0 bridgehead atoms. The van der Waals surface area contributed by atoms with Crippen molar-refractivity contribution in [1.82, 2.24) is 0 Å². The number of aryl methyl sites for hydroxylation is 1. The third-order valence-corrected chi connectivity index (χ3v) is 3.91. The van der Waals surface area contributed by atoms with Crippen molar-refractivity contribution >= 4 is 28.9 Å². The molecular weight excluding hydrogens is 250 g/mol. The van der Waals surface area contributed by atoms with Gasteiger partial charge in [-0.2, -0.15) is 0 Å². The van der Waals surface area contributed by atoms with Crippen molar-refractivity contribution in [3.63, 3.8) is 0 Å². The molecule has 2 aliphatic rings. The summed E-state index contributed by atoms with van der Waals surface area (Å²) in [5, 5.41) is 3.64. The molecule has 0 atom stereocenters. The van der Waals surface area contributed by atoms with Crippen molar-refractivity contribution in [1.29, 1.82) is 0 Å². The lowest BCUT2D eigenvalue weighted by atomic mass is 10.1. The monoisotopic (exact) mass is 263 g/mol. The first-order valence-electron chi connectivity index (χ1n) is 6.27. The molecule has 18 heavy (non-hydrogen) atoms. The van der Waals surface area contributed by atoms with E-state index in [9.17, 15) is 9.59 Å². The van der Waals surface area contributed by atoms with Crippen LogP contribution in [0.15, 0.2) is 12.1 Å². The van der Waals surface area contributed by atoms with Gasteiger partial charge in [0.05, 0.1) is 17.3 Å². The maximum absolute atomic E-state index is 11.6. The Bertz CT molecular complexity index is 535. The van der Waals surface area contributed by atoms with E-state index < -0.39 is 0 Å². The second-order valence-electron chi connectivity index (χ2n) is 5.01. The van der Waals surface area contributed by atoms with Gasteiger partial charge in [0.2, 0.25) is 0 Å². The number of anilines is 1. The quantitative estimate of drug-likeness (QED) is 0.909. The predicted molar refractivity (Wildman–Crippen MR) is 70.3 cm³/mol. The number of benzene rings is 1. The molecule has 94 valence electrons. The van der Waals surface area contributed by atoms with Gasteiger partial charge in [0, 0.05) is 17.9 Å². The Hall–Kier alpha value is -1.35. The van der Waals surface area contributed by atoms with Crippen molar-refractivity contribution < 1.29 is 9.59 Å². The maximum Gasteiger partial charge on any atom is 0.163 e. The molecule has 3 nitrogen and oxygen atoms in total. The van der Waals surface area contributed by atoms with Crippen molar-refractivity contribution in [2.24, 2.45) is 5.92 Å². The molecule has 1 N–H and O–H groups in total. The Labute approximate surface area is 111 Å². The van der Waals surface area contributed by atoms with Crippen molar-refractivity contribution in [2.45, 2.75) is 25.7 Å². The number of fused-ring (bicyclic) bond motifs is 1. The second-order valence-corrected chi connectivity index (χ2v) is 5.41. The number of nitrogens with one attached hydrogen (secondary N) is 1. The molecule has 0 saturated heterocycles. The van der Waals surface area contributed by atoms with Crippen LogP contribution in [0.1, 0.15) is 35.2 Å². The van der Waals surface area contributed by atoms with E-state index in [1.54, 1.807) is 6.07 Å². The molecule has 1 aromatic carbocycles. The van der Waals surface area contributed by atoms with E-state index in [0.29, 0.717) is 23.7 Å². The summed E-state index contributed by atoms with van der Waals surface area (Å²) in [7, 11) is 0. The largest absolute Gasteiger partial charge is 0.377 e. The predicted octanol–water partition coefficient (Wildman–Crippen LogP) is 2.86. The van der Waals surface area contributed by atoms with E-state index in [0.717, 1.165) is 30.4 Å². The molecule has 3 rings (SSSR count). The Morgan fingerprint density at radius 1 is 1.33 bits per heavy atom. The zero-order chi connectivity index (χ0) is 12.7. The minimum atomic E-state index is 0.165. The van der Waals surface area contributed by atoms with E-state index in [1.165, 1.54) is 0 Å². The number of ketones is 2.